The van der Waals surface area contributed by atoms with Gasteiger partial charge >= 0.3 is 0 Å². The molecule has 0 spiro atoms. The van der Waals surface area contributed by atoms with Gasteiger partial charge in [-0.1, -0.05) is 19.4 Å². The Kier molecular flexibility index (Phi) is 5.08. The second-order valence-corrected chi connectivity index (χ2v) is 7.49. The fraction of sp³-hybridized carbons (Fsp3) is 0.632. The summed E-state index contributed by atoms with van der Waals surface area (Å²) in [5.41, 5.74) is 0.935. The lowest BCUT2D eigenvalue weighted by molar-refractivity contribution is -0.135. The number of aromatic nitrogens is 1. The van der Waals surface area contributed by atoms with E-state index in [1.165, 1.54) is 0 Å². The summed E-state index contributed by atoms with van der Waals surface area (Å²) in [7, 11) is 5.94. The van der Waals surface area contributed by atoms with E-state index in [0.717, 1.165) is 25.1 Å². The molecule has 1 aromatic rings. The predicted octanol–water partition coefficient (Wildman–Crippen LogP) is 1.40. The number of rotatable bonds is 4. The number of likely N-dealkylation sites (tertiary alicyclic amines) is 2. The van der Waals surface area contributed by atoms with E-state index in [9.17, 15) is 9.59 Å². The molecule has 6 heteroatoms. The summed E-state index contributed by atoms with van der Waals surface area (Å²) in [5, 5.41) is 0. The molecule has 4 atom stereocenters. The molecule has 2 fully saturated rings. The Labute approximate surface area is 149 Å². The summed E-state index contributed by atoms with van der Waals surface area (Å²) in [5.74, 6) is 0.308. The molecule has 6 nitrogen and oxygen atoms in total. The average Bonchev–Trinajstić information content (AvgIpc) is 3.17. The van der Waals surface area contributed by atoms with Gasteiger partial charge in [-0.2, -0.15) is 0 Å². The first-order valence-corrected chi connectivity index (χ1v) is 9.04. The number of carbonyl (C=O) groups excluding carboxylic acids is 2. The van der Waals surface area contributed by atoms with E-state index in [0.29, 0.717) is 12.0 Å². The summed E-state index contributed by atoms with van der Waals surface area (Å²) in [6.07, 6.45) is 4.82. The Morgan fingerprint density at radius 1 is 1.36 bits per heavy atom. The van der Waals surface area contributed by atoms with Gasteiger partial charge in [0.05, 0.1) is 12.0 Å². The van der Waals surface area contributed by atoms with Gasteiger partial charge < -0.3 is 14.7 Å². The third kappa shape index (κ3) is 3.27. The van der Waals surface area contributed by atoms with E-state index in [1.54, 1.807) is 24.3 Å². The molecule has 0 aliphatic carbocycles. The molecule has 2 aliphatic rings. The van der Waals surface area contributed by atoms with Crippen molar-refractivity contribution >= 4 is 11.8 Å². The summed E-state index contributed by atoms with van der Waals surface area (Å²) < 4.78 is 0. The SMILES string of the molecule is CC[C@@H]1CN(C(=O)[C@@H]2CC(=O)N(C)[C@H]2c2cccnc2)C[C@@H]1N(C)C. The highest BCUT2D eigenvalue weighted by Crippen LogP contribution is 2.39. The minimum Gasteiger partial charge on any atom is -0.340 e. The third-order valence-electron chi connectivity index (χ3n) is 5.84. The first-order valence-electron chi connectivity index (χ1n) is 9.04. The minimum absolute atomic E-state index is 0.0302. The first kappa shape index (κ1) is 17.9. The van der Waals surface area contributed by atoms with Gasteiger partial charge in [0, 0.05) is 45.0 Å². The number of carbonyl (C=O) groups is 2. The number of likely N-dealkylation sites (N-methyl/N-ethyl adjacent to an activating group) is 1. The van der Waals surface area contributed by atoms with Crippen LogP contribution in [0.3, 0.4) is 0 Å². The van der Waals surface area contributed by atoms with E-state index in [2.05, 4.69) is 30.9 Å². The standard InChI is InChI=1S/C19H28N4O2/c1-5-13-11-23(12-16(13)21(2)3)19(25)15-9-17(24)22(4)18(15)14-7-6-8-20-10-14/h6-8,10,13,15-16,18H,5,9,11-12H2,1-4H3/t13-,15-,16+,18+/m1/s1. The Bertz CT molecular complexity index is 634. The fourth-order valence-electron chi connectivity index (χ4n) is 4.35. The van der Waals surface area contributed by atoms with Crippen LogP contribution in [0.15, 0.2) is 24.5 Å². The second-order valence-electron chi connectivity index (χ2n) is 7.49. The number of hydrogen-bond donors (Lipinski definition) is 0. The molecule has 1 aromatic heterocycles. The molecule has 3 heterocycles. The Morgan fingerprint density at radius 2 is 2.12 bits per heavy atom. The Balaban J connectivity index is 1.82. The molecule has 0 saturated carbocycles. The van der Waals surface area contributed by atoms with E-state index < -0.39 is 0 Å². The van der Waals surface area contributed by atoms with Gasteiger partial charge in [0.15, 0.2) is 0 Å². The quantitative estimate of drug-likeness (QED) is 0.828. The molecule has 25 heavy (non-hydrogen) atoms. The predicted molar refractivity (Wildman–Crippen MR) is 95.7 cm³/mol. The maximum Gasteiger partial charge on any atom is 0.228 e. The Hall–Kier alpha value is -1.95. The maximum absolute atomic E-state index is 13.3. The molecule has 0 N–H and O–H groups in total. The maximum atomic E-state index is 13.3. The molecule has 0 radical (unpaired) electrons. The molecule has 0 aromatic carbocycles. The fourth-order valence-corrected chi connectivity index (χ4v) is 4.35. The van der Waals surface area contributed by atoms with Crippen LogP contribution in [-0.2, 0) is 9.59 Å². The summed E-state index contributed by atoms with van der Waals surface area (Å²) in [6.45, 7) is 3.71. The van der Waals surface area contributed by atoms with Crippen molar-refractivity contribution in [3.8, 4) is 0 Å². The van der Waals surface area contributed by atoms with Crippen LogP contribution in [-0.4, -0.2) is 71.8 Å². The van der Waals surface area contributed by atoms with Gasteiger partial charge in [0.25, 0.3) is 0 Å². The highest BCUT2D eigenvalue weighted by Gasteiger charge is 2.46. The van der Waals surface area contributed by atoms with Crippen molar-refractivity contribution in [1.29, 1.82) is 0 Å². The van der Waals surface area contributed by atoms with Crippen LogP contribution in [0.25, 0.3) is 0 Å². The highest BCUT2D eigenvalue weighted by atomic mass is 16.2. The molecule has 136 valence electrons. The summed E-state index contributed by atoms with van der Waals surface area (Å²) in [4.78, 5) is 35.6. The van der Waals surface area contributed by atoms with Crippen LogP contribution in [0.4, 0.5) is 0 Å². The normalized spacial score (nSPS) is 29.7. The van der Waals surface area contributed by atoms with Gasteiger partial charge in [-0.25, -0.2) is 0 Å². The number of pyridine rings is 1. The van der Waals surface area contributed by atoms with Crippen molar-refractivity contribution in [2.24, 2.45) is 11.8 Å². The van der Waals surface area contributed by atoms with Crippen LogP contribution >= 0.6 is 0 Å². The molecular weight excluding hydrogens is 316 g/mol. The second kappa shape index (κ2) is 7.12. The molecule has 2 amide bonds. The molecule has 0 bridgehead atoms. The van der Waals surface area contributed by atoms with Gasteiger partial charge in [-0.05, 0) is 31.6 Å². The zero-order valence-corrected chi connectivity index (χ0v) is 15.6. The van der Waals surface area contributed by atoms with Gasteiger partial charge in [0.1, 0.15) is 0 Å². The zero-order valence-electron chi connectivity index (χ0n) is 15.6. The van der Waals surface area contributed by atoms with Gasteiger partial charge in [0.2, 0.25) is 11.8 Å². The first-order chi connectivity index (χ1) is 11.9. The van der Waals surface area contributed by atoms with Gasteiger partial charge in [-0.3, -0.25) is 14.6 Å². The summed E-state index contributed by atoms with van der Waals surface area (Å²) >= 11 is 0. The molecule has 0 unspecified atom stereocenters. The van der Waals surface area contributed by atoms with E-state index in [1.807, 2.05) is 17.0 Å². The molecule has 3 rings (SSSR count). The van der Waals surface area contributed by atoms with Crippen molar-refractivity contribution in [1.82, 2.24) is 19.7 Å². The zero-order chi connectivity index (χ0) is 18.1. The molecule has 2 saturated heterocycles. The monoisotopic (exact) mass is 344 g/mol. The highest BCUT2D eigenvalue weighted by molar-refractivity contribution is 5.90. The van der Waals surface area contributed by atoms with E-state index >= 15 is 0 Å². The van der Waals surface area contributed by atoms with Crippen molar-refractivity contribution in [3.63, 3.8) is 0 Å². The number of hydrogen-bond acceptors (Lipinski definition) is 4. The lowest BCUT2D eigenvalue weighted by Gasteiger charge is -2.28. The van der Waals surface area contributed by atoms with Crippen LogP contribution < -0.4 is 0 Å². The molecular formula is C19H28N4O2. The number of nitrogens with zero attached hydrogens (tertiary/aromatic N) is 4. The van der Waals surface area contributed by atoms with E-state index in [4.69, 9.17) is 0 Å². The topological polar surface area (TPSA) is 56.8 Å². The van der Waals surface area contributed by atoms with Crippen molar-refractivity contribution in [2.45, 2.75) is 31.8 Å². The molecule has 2 aliphatic heterocycles. The third-order valence-corrected chi connectivity index (χ3v) is 5.84. The van der Waals surface area contributed by atoms with E-state index in [-0.39, 0.29) is 30.2 Å². The largest absolute Gasteiger partial charge is 0.340 e. The lowest BCUT2D eigenvalue weighted by Crippen LogP contribution is -2.39. The van der Waals surface area contributed by atoms with Crippen molar-refractivity contribution in [2.75, 3.05) is 34.2 Å². The minimum atomic E-state index is -0.319. The van der Waals surface area contributed by atoms with Gasteiger partial charge in [-0.15, -0.1) is 0 Å². The summed E-state index contributed by atoms with van der Waals surface area (Å²) in [6, 6.07) is 3.99. The Morgan fingerprint density at radius 3 is 2.68 bits per heavy atom. The van der Waals surface area contributed by atoms with Crippen LogP contribution in [0.1, 0.15) is 31.4 Å². The van der Waals surface area contributed by atoms with Crippen LogP contribution in [0, 0.1) is 11.8 Å². The average molecular weight is 344 g/mol. The smallest absolute Gasteiger partial charge is 0.228 e. The van der Waals surface area contributed by atoms with Crippen LogP contribution in [0.2, 0.25) is 0 Å². The van der Waals surface area contributed by atoms with Crippen molar-refractivity contribution in [3.05, 3.63) is 30.1 Å². The van der Waals surface area contributed by atoms with Crippen molar-refractivity contribution < 1.29 is 9.59 Å². The van der Waals surface area contributed by atoms with Crippen LogP contribution in [0.5, 0.6) is 0 Å². The lowest BCUT2D eigenvalue weighted by atomic mass is 9.93. The number of amides is 2.